The van der Waals surface area contributed by atoms with Crippen LogP contribution in [0.5, 0.6) is 5.75 Å². The molecule has 0 amide bonds. The lowest BCUT2D eigenvalue weighted by molar-refractivity contribution is -0.923. The van der Waals surface area contributed by atoms with Gasteiger partial charge in [0, 0.05) is 5.56 Å². The van der Waals surface area contributed by atoms with Crippen molar-refractivity contribution < 1.29 is 9.64 Å². The molecule has 0 bridgehead atoms. The molecule has 0 aliphatic carbocycles. The molecule has 114 valence electrons. The second-order valence-electron chi connectivity index (χ2n) is 5.62. The van der Waals surface area contributed by atoms with Crippen LogP contribution in [0.3, 0.4) is 0 Å². The van der Waals surface area contributed by atoms with Crippen LogP contribution in [0.2, 0.25) is 0 Å². The average molecular weight is 313 g/mol. The fourth-order valence-electron chi connectivity index (χ4n) is 2.54. The third kappa shape index (κ3) is 3.13. The summed E-state index contributed by atoms with van der Waals surface area (Å²) in [6.45, 7) is 3.20. The highest BCUT2D eigenvalue weighted by molar-refractivity contribution is 7.18. The van der Waals surface area contributed by atoms with Crippen molar-refractivity contribution in [3.8, 4) is 5.75 Å². The first-order chi connectivity index (χ1) is 10.7. The van der Waals surface area contributed by atoms with Crippen molar-refractivity contribution in [1.29, 1.82) is 0 Å². The predicted octanol–water partition coefficient (Wildman–Crippen LogP) is 3.08. The van der Waals surface area contributed by atoms with E-state index >= 15 is 0 Å². The predicted molar refractivity (Wildman–Crippen MR) is 91.6 cm³/mol. The quantitative estimate of drug-likeness (QED) is 0.783. The van der Waals surface area contributed by atoms with E-state index in [1.165, 1.54) is 20.2 Å². The molecule has 0 saturated heterocycles. The van der Waals surface area contributed by atoms with Gasteiger partial charge in [-0.2, -0.15) is 0 Å². The third-order valence-electron chi connectivity index (χ3n) is 4.04. The van der Waals surface area contributed by atoms with Gasteiger partial charge in [0.05, 0.1) is 24.4 Å². The molecule has 1 aromatic heterocycles. The number of quaternary nitrogens is 1. The second-order valence-corrected chi connectivity index (χ2v) is 6.68. The summed E-state index contributed by atoms with van der Waals surface area (Å²) in [6, 6.07) is 17.0. The maximum absolute atomic E-state index is 5.30. The number of nitrogens with zero attached hydrogens (tertiary/aromatic N) is 1. The normalized spacial score (nSPS) is 14.0. The van der Waals surface area contributed by atoms with Crippen LogP contribution in [-0.2, 0) is 6.54 Å². The summed E-state index contributed by atoms with van der Waals surface area (Å²) in [5, 5.41) is 1.20. The number of ether oxygens (including phenoxy) is 1. The van der Waals surface area contributed by atoms with Crippen LogP contribution in [0.25, 0.3) is 10.2 Å². The van der Waals surface area contributed by atoms with Crippen LogP contribution >= 0.6 is 11.3 Å². The molecule has 3 aromatic rings. The Hall–Kier alpha value is -1.91. The first-order valence-corrected chi connectivity index (χ1v) is 8.29. The minimum Gasteiger partial charge on any atom is -0.497 e. The summed E-state index contributed by atoms with van der Waals surface area (Å²) in [7, 11) is 3.93. The monoisotopic (exact) mass is 313 g/mol. The van der Waals surface area contributed by atoms with E-state index < -0.39 is 0 Å². The van der Waals surface area contributed by atoms with Gasteiger partial charge in [-0.25, -0.2) is 4.98 Å². The number of rotatable bonds is 5. The van der Waals surface area contributed by atoms with E-state index in [2.05, 4.69) is 44.3 Å². The zero-order valence-corrected chi connectivity index (χ0v) is 14.0. The van der Waals surface area contributed by atoms with Gasteiger partial charge in [-0.3, -0.25) is 0 Å². The summed E-state index contributed by atoms with van der Waals surface area (Å²) >= 11 is 1.80. The van der Waals surface area contributed by atoms with Gasteiger partial charge in [0.2, 0.25) is 0 Å². The lowest BCUT2D eigenvalue weighted by Crippen LogP contribution is -3.07. The van der Waals surface area contributed by atoms with Crippen molar-refractivity contribution in [3.05, 3.63) is 59.1 Å². The Morgan fingerprint density at radius 1 is 1.18 bits per heavy atom. The Morgan fingerprint density at radius 2 is 2.00 bits per heavy atom. The van der Waals surface area contributed by atoms with Crippen LogP contribution in [0, 0.1) is 0 Å². The Bertz CT molecular complexity index is 735. The third-order valence-corrected chi connectivity index (χ3v) is 5.26. The van der Waals surface area contributed by atoms with Crippen LogP contribution < -0.4 is 9.64 Å². The fourth-order valence-corrected chi connectivity index (χ4v) is 3.66. The molecular weight excluding hydrogens is 292 g/mol. The zero-order valence-electron chi connectivity index (χ0n) is 13.2. The van der Waals surface area contributed by atoms with Crippen molar-refractivity contribution in [3.63, 3.8) is 0 Å². The van der Waals surface area contributed by atoms with E-state index in [1.807, 2.05) is 18.2 Å². The van der Waals surface area contributed by atoms with Crippen molar-refractivity contribution in [2.24, 2.45) is 0 Å². The van der Waals surface area contributed by atoms with Crippen molar-refractivity contribution >= 4 is 21.6 Å². The zero-order chi connectivity index (χ0) is 15.5. The van der Waals surface area contributed by atoms with Crippen LogP contribution in [-0.4, -0.2) is 19.1 Å². The van der Waals surface area contributed by atoms with E-state index in [9.17, 15) is 0 Å². The molecule has 2 aromatic carbocycles. The van der Waals surface area contributed by atoms with Crippen LogP contribution in [0.15, 0.2) is 48.5 Å². The SMILES string of the molecule is COc1cccc(C[NH+](C)[C@H](C)c2nc3ccccc3s2)c1. The van der Waals surface area contributed by atoms with Gasteiger partial charge >= 0.3 is 0 Å². The van der Waals surface area contributed by atoms with Crippen LogP contribution in [0.4, 0.5) is 0 Å². The molecule has 1 heterocycles. The molecule has 22 heavy (non-hydrogen) atoms. The maximum Gasteiger partial charge on any atom is 0.151 e. The summed E-state index contributed by atoms with van der Waals surface area (Å²) in [6.07, 6.45) is 0. The summed E-state index contributed by atoms with van der Waals surface area (Å²) in [5.74, 6) is 0.915. The Balaban J connectivity index is 1.77. The van der Waals surface area contributed by atoms with Gasteiger partial charge in [-0.1, -0.05) is 24.3 Å². The molecule has 3 nitrogen and oxygen atoms in total. The molecule has 3 rings (SSSR count). The topological polar surface area (TPSA) is 26.6 Å². The van der Waals surface area contributed by atoms with Gasteiger partial charge in [-0.05, 0) is 31.2 Å². The summed E-state index contributed by atoms with van der Waals surface area (Å²) in [5.41, 5.74) is 2.38. The molecule has 0 radical (unpaired) electrons. The number of benzene rings is 2. The molecule has 2 atom stereocenters. The van der Waals surface area contributed by atoms with Crippen molar-refractivity contribution in [2.75, 3.05) is 14.2 Å². The summed E-state index contributed by atoms with van der Waals surface area (Å²) in [4.78, 5) is 6.21. The number of methoxy groups -OCH3 is 1. The van der Waals surface area contributed by atoms with E-state index in [1.54, 1.807) is 18.4 Å². The van der Waals surface area contributed by atoms with Crippen molar-refractivity contribution in [1.82, 2.24) is 4.98 Å². The van der Waals surface area contributed by atoms with Gasteiger partial charge in [0.15, 0.2) is 5.01 Å². The number of nitrogens with one attached hydrogen (secondary N) is 1. The Labute approximate surface area is 135 Å². The van der Waals surface area contributed by atoms with Crippen molar-refractivity contribution in [2.45, 2.75) is 19.5 Å². The highest BCUT2D eigenvalue weighted by Crippen LogP contribution is 2.24. The van der Waals surface area contributed by atoms with E-state index in [-0.39, 0.29) is 0 Å². The molecule has 0 aliphatic rings. The lowest BCUT2D eigenvalue weighted by atomic mass is 10.2. The smallest absolute Gasteiger partial charge is 0.151 e. The molecule has 1 N–H and O–H groups in total. The van der Waals surface area contributed by atoms with Gasteiger partial charge < -0.3 is 9.64 Å². The molecule has 0 spiro atoms. The second kappa shape index (κ2) is 6.46. The highest BCUT2D eigenvalue weighted by Gasteiger charge is 2.19. The molecule has 0 saturated carbocycles. The number of aromatic nitrogens is 1. The lowest BCUT2D eigenvalue weighted by Gasteiger charge is -2.20. The minimum atomic E-state index is 0.364. The van der Waals surface area contributed by atoms with E-state index in [0.717, 1.165) is 17.8 Å². The van der Waals surface area contributed by atoms with Crippen LogP contribution in [0.1, 0.15) is 23.5 Å². The Kier molecular flexibility index (Phi) is 4.41. The average Bonchev–Trinajstić information content (AvgIpc) is 2.98. The Morgan fingerprint density at radius 3 is 2.77 bits per heavy atom. The maximum atomic E-state index is 5.30. The number of hydrogen-bond acceptors (Lipinski definition) is 3. The van der Waals surface area contributed by atoms with E-state index in [0.29, 0.717) is 6.04 Å². The first kappa shape index (κ1) is 15.0. The van der Waals surface area contributed by atoms with Gasteiger partial charge in [-0.15, -0.1) is 11.3 Å². The van der Waals surface area contributed by atoms with Gasteiger partial charge in [0.1, 0.15) is 18.3 Å². The first-order valence-electron chi connectivity index (χ1n) is 7.48. The van der Waals surface area contributed by atoms with E-state index in [4.69, 9.17) is 9.72 Å². The summed E-state index contributed by atoms with van der Waals surface area (Å²) < 4.78 is 6.56. The minimum absolute atomic E-state index is 0.364. The molecule has 0 aliphatic heterocycles. The molecular formula is C18H21N2OS+. The number of para-hydroxylation sites is 1. The number of fused-ring (bicyclic) bond motifs is 1. The molecule has 0 fully saturated rings. The largest absolute Gasteiger partial charge is 0.497 e. The fraction of sp³-hybridized carbons (Fsp3) is 0.278. The standard InChI is InChI=1S/C18H20N2OS/c1-13(18-19-16-9-4-5-10-17(16)22-18)20(2)12-14-7-6-8-15(11-14)21-3/h4-11,13H,12H2,1-3H3/p+1/t13-/m1/s1. The van der Waals surface area contributed by atoms with Gasteiger partial charge in [0.25, 0.3) is 0 Å². The molecule has 4 heteroatoms. The number of thiazole rings is 1. The number of hydrogen-bond donors (Lipinski definition) is 1. The highest BCUT2D eigenvalue weighted by atomic mass is 32.1. The molecule has 1 unspecified atom stereocenters.